The van der Waals surface area contributed by atoms with Crippen molar-refractivity contribution in [3.63, 3.8) is 0 Å². The van der Waals surface area contributed by atoms with Crippen molar-refractivity contribution >= 4 is 12.0 Å². The molecule has 0 aliphatic carbocycles. The molecule has 0 aromatic heterocycles. The molecule has 19 heavy (non-hydrogen) atoms. The number of amides is 2. The van der Waals surface area contributed by atoms with Gasteiger partial charge in [0.25, 0.3) is 0 Å². The van der Waals surface area contributed by atoms with Crippen molar-refractivity contribution in [1.82, 2.24) is 15.1 Å². The van der Waals surface area contributed by atoms with Crippen LogP contribution >= 0.6 is 0 Å². The van der Waals surface area contributed by atoms with Crippen LogP contribution in [0.4, 0.5) is 4.79 Å². The molecule has 112 valence electrons. The van der Waals surface area contributed by atoms with E-state index in [-0.39, 0.29) is 12.5 Å². The molecule has 0 aromatic carbocycles. The SMILES string of the molecule is CCC(C)N(C)CCNC(=O)N(C)CCCC(=O)O. The number of aliphatic carboxylic acids is 1. The van der Waals surface area contributed by atoms with E-state index in [9.17, 15) is 9.59 Å². The monoisotopic (exact) mass is 273 g/mol. The van der Waals surface area contributed by atoms with Gasteiger partial charge in [0.15, 0.2) is 0 Å². The highest BCUT2D eigenvalue weighted by molar-refractivity contribution is 5.73. The smallest absolute Gasteiger partial charge is 0.317 e. The van der Waals surface area contributed by atoms with Gasteiger partial charge in [0.05, 0.1) is 0 Å². The van der Waals surface area contributed by atoms with Gasteiger partial charge in [-0.05, 0) is 26.8 Å². The lowest BCUT2D eigenvalue weighted by molar-refractivity contribution is -0.137. The van der Waals surface area contributed by atoms with Crippen molar-refractivity contribution in [2.75, 3.05) is 33.7 Å². The summed E-state index contributed by atoms with van der Waals surface area (Å²) >= 11 is 0. The number of carbonyl (C=O) groups is 2. The normalized spacial score (nSPS) is 12.3. The maximum atomic E-state index is 11.7. The van der Waals surface area contributed by atoms with Gasteiger partial charge in [0, 0.05) is 39.1 Å². The Morgan fingerprint density at radius 3 is 2.42 bits per heavy atom. The number of rotatable bonds is 9. The molecule has 0 rings (SSSR count). The second-order valence-corrected chi connectivity index (χ2v) is 4.89. The minimum Gasteiger partial charge on any atom is -0.481 e. The van der Waals surface area contributed by atoms with Gasteiger partial charge in [-0.3, -0.25) is 4.79 Å². The summed E-state index contributed by atoms with van der Waals surface area (Å²) in [5.74, 6) is -0.830. The summed E-state index contributed by atoms with van der Waals surface area (Å²) in [5, 5.41) is 11.3. The Morgan fingerprint density at radius 2 is 1.89 bits per heavy atom. The largest absolute Gasteiger partial charge is 0.481 e. The minimum absolute atomic E-state index is 0.0916. The van der Waals surface area contributed by atoms with Crippen LogP contribution in [-0.4, -0.2) is 66.7 Å². The van der Waals surface area contributed by atoms with E-state index in [0.29, 0.717) is 25.6 Å². The molecule has 0 saturated heterocycles. The number of carbonyl (C=O) groups excluding carboxylic acids is 1. The summed E-state index contributed by atoms with van der Waals surface area (Å²) in [7, 11) is 3.71. The highest BCUT2D eigenvalue weighted by Crippen LogP contribution is 1.98. The summed E-state index contributed by atoms with van der Waals surface area (Å²) in [4.78, 5) is 25.8. The first-order valence-electron chi connectivity index (χ1n) is 6.79. The molecule has 0 spiro atoms. The van der Waals surface area contributed by atoms with Gasteiger partial charge in [-0.2, -0.15) is 0 Å². The second-order valence-electron chi connectivity index (χ2n) is 4.89. The number of likely N-dealkylation sites (N-methyl/N-ethyl adjacent to an activating group) is 1. The van der Waals surface area contributed by atoms with Crippen LogP contribution in [0.2, 0.25) is 0 Å². The fraction of sp³-hybridized carbons (Fsp3) is 0.846. The average Bonchev–Trinajstić information content (AvgIpc) is 2.36. The van der Waals surface area contributed by atoms with E-state index in [0.717, 1.165) is 13.0 Å². The summed E-state index contributed by atoms with van der Waals surface area (Å²) in [6, 6.07) is 0.355. The van der Waals surface area contributed by atoms with Crippen molar-refractivity contribution in [3.05, 3.63) is 0 Å². The summed E-state index contributed by atoms with van der Waals surface area (Å²) < 4.78 is 0. The first-order chi connectivity index (χ1) is 8.88. The second kappa shape index (κ2) is 9.61. The van der Waals surface area contributed by atoms with Crippen molar-refractivity contribution in [2.24, 2.45) is 0 Å². The highest BCUT2D eigenvalue weighted by Gasteiger charge is 2.10. The minimum atomic E-state index is -0.830. The number of nitrogens with zero attached hydrogens (tertiary/aromatic N) is 2. The van der Waals surface area contributed by atoms with E-state index >= 15 is 0 Å². The molecule has 0 aromatic rings. The van der Waals surface area contributed by atoms with Crippen molar-refractivity contribution in [2.45, 2.75) is 39.2 Å². The third-order valence-electron chi connectivity index (χ3n) is 3.31. The summed E-state index contributed by atoms with van der Waals surface area (Å²) in [5.41, 5.74) is 0. The molecular formula is C13H27N3O3. The number of nitrogens with one attached hydrogen (secondary N) is 1. The molecule has 0 bridgehead atoms. The zero-order chi connectivity index (χ0) is 14.8. The zero-order valence-electron chi connectivity index (χ0n) is 12.5. The quantitative estimate of drug-likeness (QED) is 0.662. The molecule has 6 heteroatoms. The van der Waals surface area contributed by atoms with E-state index in [4.69, 9.17) is 5.11 Å². The molecule has 0 heterocycles. The molecule has 6 nitrogen and oxygen atoms in total. The lowest BCUT2D eigenvalue weighted by Crippen LogP contribution is -2.42. The number of urea groups is 1. The molecule has 0 fully saturated rings. The lowest BCUT2D eigenvalue weighted by Gasteiger charge is -2.24. The van der Waals surface area contributed by atoms with Crippen molar-refractivity contribution < 1.29 is 14.7 Å². The van der Waals surface area contributed by atoms with Crippen LogP contribution < -0.4 is 5.32 Å². The Labute approximate surface area is 115 Å². The molecule has 1 unspecified atom stereocenters. The predicted octanol–water partition coefficient (Wildman–Crippen LogP) is 1.22. The van der Waals surface area contributed by atoms with E-state index in [1.165, 1.54) is 4.90 Å². The van der Waals surface area contributed by atoms with Crippen LogP contribution in [0.5, 0.6) is 0 Å². The summed E-state index contributed by atoms with van der Waals surface area (Å²) in [6.45, 7) is 6.15. The van der Waals surface area contributed by atoms with Crippen LogP contribution in [-0.2, 0) is 4.79 Å². The Kier molecular flexibility index (Phi) is 8.95. The molecule has 0 radical (unpaired) electrons. The first-order valence-corrected chi connectivity index (χ1v) is 6.79. The van der Waals surface area contributed by atoms with E-state index in [1.54, 1.807) is 7.05 Å². The third kappa shape index (κ3) is 8.42. The van der Waals surface area contributed by atoms with Crippen molar-refractivity contribution in [3.8, 4) is 0 Å². The zero-order valence-corrected chi connectivity index (χ0v) is 12.5. The number of carboxylic acid groups (broad SMARTS) is 1. The lowest BCUT2D eigenvalue weighted by atomic mass is 10.2. The van der Waals surface area contributed by atoms with Gasteiger partial charge in [0.1, 0.15) is 0 Å². The molecular weight excluding hydrogens is 246 g/mol. The number of hydrogen-bond acceptors (Lipinski definition) is 3. The third-order valence-corrected chi connectivity index (χ3v) is 3.31. The maximum absolute atomic E-state index is 11.7. The van der Waals surface area contributed by atoms with Gasteiger partial charge in [0.2, 0.25) is 0 Å². The summed E-state index contributed by atoms with van der Waals surface area (Å²) in [6.07, 6.45) is 1.65. The Balaban J connectivity index is 3.76. The Morgan fingerprint density at radius 1 is 1.26 bits per heavy atom. The van der Waals surface area contributed by atoms with Crippen LogP contribution in [0.25, 0.3) is 0 Å². The Bertz CT molecular complexity index is 284. The van der Waals surface area contributed by atoms with E-state index < -0.39 is 5.97 Å². The van der Waals surface area contributed by atoms with Gasteiger partial charge >= 0.3 is 12.0 Å². The van der Waals surface area contributed by atoms with Gasteiger partial charge in [-0.15, -0.1) is 0 Å². The molecule has 0 saturated carbocycles. The van der Waals surface area contributed by atoms with Crippen LogP contribution in [0, 0.1) is 0 Å². The van der Waals surface area contributed by atoms with Crippen LogP contribution in [0.15, 0.2) is 0 Å². The molecule has 1 atom stereocenters. The van der Waals surface area contributed by atoms with Crippen LogP contribution in [0.1, 0.15) is 33.1 Å². The fourth-order valence-corrected chi connectivity index (χ4v) is 1.58. The standard InChI is InChI=1S/C13H27N3O3/c1-5-11(2)15(3)10-8-14-13(19)16(4)9-6-7-12(17)18/h11H,5-10H2,1-4H3,(H,14,19)(H,17,18). The first kappa shape index (κ1) is 17.7. The predicted molar refractivity (Wildman–Crippen MR) is 75.3 cm³/mol. The fourth-order valence-electron chi connectivity index (χ4n) is 1.58. The Hall–Kier alpha value is -1.30. The van der Waals surface area contributed by atoms with E-state index in [1.807, 2.05) is 7.05 Å². The number of hydrogen-bond donors (Lipinski definition) is 2. The van der Waals surface area contributed by atoms with Gasteiger partial charge in [-0.25, -0.2) is 4.79 Å². The van der Waals surface area contributed by atoms with Crippen LogP contribution in [0.3, 0.4) is 0 Å². The maximum Gasteiger partial charge on any atom is 0.317 e. The molecule has 2 N–H and O–H groups in total. The molecule has 0 aliphatic rings. The molecule has 2 amide bonds. The highest BCUT2D eigenvalue weighted by atomic mass is 16.4. The van der Waals surface area contributed by atoms with Crippen molar-refractivity contribution in [1.29, 1.82) is 0 Å². The number of carboxylic acids is 1. The molecule has 0 aliphatic heterocycles. The van der Waals surface area contributed by atoms with Gasteiger partial charge in [-0.1, -0.05) is 6.92 Å². The van der Waals surface area contributed by atoms with E-state index in [2.05, 4.69) is 24.1 Å². The average molecular weight is 273 g/mol. The topological polar surface area (TPSA) is 72.9 Å². The van der Waals surface area contributed by atoms with Gasteiger partial charge < -0.3 is 20.2 Å².